The Balaban J connectivity index is 2.29. The first kappa shape index (κ1) is 22.7. The van der Waals surface area contributed by atoms with E-state index in [1.807, 2.05) is 13.8 Å². The van der Waals surface area contributed by atoms with Crippen molar-refractivity contribution in [2.45, 2.75) is 44.2 Å². The standard InChI is InChI=1S/C20H24Cl2N2O3S/c1-3-7-15(2)23-20(25)14-24(13-16-10-11-18(21)19(22)12-16)28(26,27)17-8-5-4-6-9-17/h4-6,8-12,15H,3,7,13-14H2,1-2H3,(H,23,25). The lowest BCUT2D eigenvalue weighted by atomic mass is 10.2. The third-order valence-electron chi connectivity index (χ3n) is 4.17. The van der Waals surface area contributed by atoms with Crippen molar-refractivity contribution in [2.24, 2.45) is 0 Å². The van der Waals surface area contributed by atoms with Gasteiger partial charge in [0.05, 0.1) is 21.5 Å². The van der Waals surface area contributed by atoms with Gasteiger partial charge in [-0.2, -0.15) is 4.31 Å². The average Bonchev–Trinajstić information content (AvgIpc) is 2.65. The molecule has 0 spiro atoms. The van der Waals surface area contributed by atoms with Crippen molar-refractivity contribution in [1.82, 2.24) is 9.62 Å². The van der Waals surface area contributed by atoms with Crippen LogP contribution in [0.15, 0.2) is 53.4 Å². The normalized spacial score (nSPS) is 12.8. The molecule has 0 aromatic heterocycles. The van der Waals surface area contributed by atoms with Crippen LogP contribution in [0.5, 0.6) is 0 Å². The van der Waals surface area contributed by atoms with E-state index in [4.69, 9.17) is 23.2 Å². The van der Waals surface area contributed by atoms with E-state index in [0.29, 0.717) is 15.6 Å². The predicted molar refractivity (Wildman–Crippen MR) is 113 cm³/mol. The topological polar surface area (TPSA) is 66.5 Å². The summed E-state index contributed by atoms with van der Waals surface area (Å²) in [6.45, 7) is 3.64. The van der Waals surface area contributed by atoms with E-state index in [2.05, 4.69) is 5.32 Å². The largest absolute Gasteiger partial charge is 0.353 e. The Hall–Kier alpha value is -1.60. The molecule has 5 nitrogen and oxygen atoms in total. The molecule has 1 atom stereocenters. The number of halogens is 2. The van der Waals surface area contributed by atoms with Crippen molar-refractivity contribution in [2.75, 3.05) is 6.54 Å². The van der Waals surface area contributed by atoms with Crippen LogP contribution in [0.25, 0.3) is 0 Å². The van der Waals surface area contributed by atoms with Crippen LogP contribution in [0.1, 0.15) is 32.3 Å². The predicted octanol–water partition coefficient (Wildman–Crippen LogP) is 4.49. The molecule has 0 bridgehead atoms. The summed E-state index contributed by atoms with van der Waals surface area (Å²) in [4.78, 5) is 12.6. The minimum absolute atomic E-state index is 0.00367. The van der Waals surface area contributed by atoms with Gasteiger partial charge in [0.2, 0.25) is 15.9 Å². The van der Waals surface area contributed by atoms with Crippen LogP contribution >= 0.6 is 23.2 Å². The van der Waals surface area contributed by atoms with Crippen molar-refractivity contribution in [3.05, 3.63) is 64.1 Å². The lowest BCUT2D eigenvalue weighted by molar-refractivity contribution is -0.122. The van der Waals surface area contributed by atoms with Crippen LogP contribution in [0.2, 0.25) is 10.0 Å². The molecule has 0 aliphatic carbocycles. The molecular formula is C20H24Cl2N2O3S. The van der Waals surface area contributed by atoms with Crippen LogP contribution < -0.4 is 5.32 Å². The van der Waals surface area contributed by atoms with Gasteiger partial charge in [0.1, 0.15) is 0 Å². The molecule has 0 aliphatic rings. The van der Waals surface area contributed by atoms with Crippen LogP contribution in [0.3, 0.4) is 0 Å². The fourth-order valence-electron chi connectivity index (χ4n) is 2.79. The van der Waals surface area contributed by atoms with Crippen LogP contribution in [-0.2, 0) is 21.4 Å². The second kappa shape index (κ2) is 10.3. The highest BCUT2D eigenvalue weighted by Gasteiger charge is 2.27. The highest BCUT2D eigenvalue weighted by molar-refractivity contribution is 7.89. The average molecular weight is 443 g/mol. The van der Waals surface area contributed by atoms with Crippen LogP contribution in [-0.4, -0.2) is 31.2 Å². The van der Waals surface area contributed by atoms with E-state index in [9.17, 15) is 13.2 Å². The monoisotopic (exact) mass is 442 g/mol. The molecule has 0 aliphatic heterocycles. The number of carbonyl (C=O) groups excluding carboxylic acids is 1. The molecule has 2 aromatic carbocycles. The van der Waals surface area contributed by atoms with Crippen molar-refractivity contribution in [1.29, 1.82) is 0 Å². The number of amides is 1. The Morgan fingerprint density at radius 1 is 1.11 bits per heavy atom. The molecule has 28 heavy (non-hydrogen) atoms. The van der Waals surface area contributed by atoms with Crippen LogP contribution in [0.4, 0.5) is 0 Å². The highest BCUT2D eigenvalue weighted by atomic mass is 35.5. The zero-order valence-electron chi connectivity index (χ0n) is 15.9. The van der Waals surface area contributed by atoms with E-state index in [1.165, 1.54) is 12.1 Å². The number of benzene rings is 2. The molecule has 0 heterocycles. The van der Waals surface area contributed by atoms with E-state index in [-0.39, 0.29) is 29.9 Å². The molecule has 2 rings (SSSR count). The van der Waals surface area contributed by atoms with Gasteiger partial charge in [0.25, 0.3) is 0 Å². The Morgan fingerprint density at radius 3 is 2.39 bits per heavy atom. The van der Waals surface area contributed by atoms with Gasteiger partial charge in [0.15, 0.2) is 0 Å². The van der Waals surface area contributed by atoms with Crippen molar-refractivity contribution < 1.29 is 13.2 Å². The van der Waals surface area contributed by atoms with E-state index >= 15 is 0 Å². The number of sulfonamides is 1. The Kier molecular flexibility index (Phi) is 8.31. The third-order valence-corrected chi connectivity index (χ3v) is 6.72. The maximum absolute atomic E-state index is 13.1. The fraction of sp³-hybridized carbons (Fsp3) is 0.350. The summed E-state index contributed by atoms with van der Waals surface area (Å²) in [5, 5.41) is 3.56. The lowest BCUT2D eigenvalue weighted by Crippen LogP contribution is -2.43. The van der Waals surface area contributed by atoms with Crippen molar-refractivity contribution >= 4 is 39.1 Å². The van der Waals surface area contributed by atoms with Gasteiger partial charge in [-0.25, -0.2) is 8.42 Å². The summed E-state index contributed by atoms with van der Waals surface area (Å²) in [6.07, 6.45) is 1.75. The Labute approximate surface area is 176 Å². The number of carbonyl (C=O) groups is 1. The summed E-state index contributed by atoms with van der Waals surface area (Å²) < 4.78 is 27.4. The molecule has 1 unspecified atom stereocenters. The SMILES string of the molecule is CCCC(C)NC(=O)CN(Cc1ccc(Cl)c(Cl)c1)S(=O)(=O)c1ccccc1. The van der Waals surface area contributed by atoms with Gasteiger partial charge in [-0.1, -0.05) is 60.8 Å². The molecule has 152 valence electrons. The van der Waals surface area contributed by atoms with Gasteiger partial charge in [-0.3, -0.25) is 4.79 Å². The maximum Gasteiger partial charge on any atom is 0.243 e. The van der Waals surface area contributed by atoms with Crippen molar-refractivity contribution in [3.8, 4) is 0 Å². The van der Waals surface area contributed by atoms with Gasteiger partial charge >= 0.3 is 0 Å². The molecular weight excluding hydrogens is 419 g/mol. The van der Waals surface area contributed by atoms with Crippen LogP contribution in [0, 0.1) is 0 Å². The zero-order chi connectivity index (χ0) is 20.7. The quantitative estimate of drug-likeness (QED) is 0.621. The Bertz CT molecular complexity index is 905. The smallest absolute Gasteiger partial charge is 0.243 e. The fourth-order valence-corrected chi connectivity index (χ4v) is 4.52. The summed E-state index contributed by atoms with van der Waals surface area (Å²) in [5.74, 6) is -0.347. The minimum atomic E-state index is -3.87. The summed E-state index contributed by atoms with van der Waals surface area (Å²) in [6, 6.07) is 12.9. The lowest BCUT2D eigenvalue weighted by Gasteiger charge is -2.23. The number of hydrogen-bond acceptors (Lipinski definition) is 3. The summed E-state index contributed by atoms with van der Waals surface area (Å²) in [5.41, 5.74) is 0.642. The van der Waals surface area contributed by atoms with Gasteiger partial charge in [0, 0.05) is 12.6 Å². The first-order chi connectivity index (χ1) is 13.2. The van der Waals surface area contributed by atoms with E-state index in [0.717, 1.165) is 17.1 Å². The number of nitrogens with one attached hydrogen (secondary N) is 1. The van der Waals surface area contributed by atoms with Gasteiger partial charge in [-0.15, -0.1) is 0 Å². The maximum atomic E-state index is 13.1. The molecule has 1 amide bonds. The van der Waals surface area contributed by atoms with Gasteiger partial charge < -0.3 is 5.32 Å². The third kappa shape index (κ3) is 6.21. The number of rotatable bonds is 9. The molecule has 0 saturated heterocycles. The highest BCUT2D eigenvalue weighted by Crippen LogP contribution is 2.25. The number of nitrogens with zero attached hydrogens (tertiary/aromatic N) is 1. The second-order valence-corrected chi connectivity index (χ2v) is 9.34. The first-order valence-corrected chi connectivity index (χ1v) is 11.2. The molecule has 0 radical (unpaired) electrons. The number of hydrogen-bond donors (Lipinski definition) is 1. The summed E-state index contributed by atoms with van der Waals surface area (Å²) in [7, 11) is -3.87. The second-order valence-electron chi connectivity index (χ2n) is 6.59. The Morgan fingerprint density at radius 2 is 1.79 bits per heavy atom. The zero-order valence-corrected chi connectivity index (χ0v) is 18.2. The molecule has 2 aromatic rings. The van der Waals surface area contributed by atoms with Gasteiger partial charge in [-0.05, 0) is 43.2 Å². The molecule has 8 heteroatoms. The molecule has 0 saturated carbocycles. The first-order valence-electron chi connectivity index (χ1n) is 9.02. The van der Waals surface area contributed by atoms with E-state index < -0.39 is 10.0 Å². The van der Waals surface area contributed by atoms with E-state index in [1.54, 1.807) is 36.4 Å². The van der Waals surface area contributed by atoms with Crippen molar-refractivity contribution in [3.63, 3.8) is 0 Å². The molecule has 1 N–H and O–H groups in total. The minimum Gasteiger partial charge on any atom is -0.353 e. The summed E-state index contributed by atoms with van der Waals surface area (Å²) >= 11 is 12.0. The molecule has 0 fully saturated rings.